The fraction of sp³-hybridized carbons (Fsp3) is 0.238. The van der Waals surface area contributed by atoms with E-state index in [4.69, 9.17) is 9.15 Å². The molecule has 150 valence electrons. The van der Waals surface area contributed by atoms with E-state index in [9.17, 15) is 14.0 Å². The van der Waals surface area contributed by atoms with Crippen molar-refractivity contribution >= 4 is 11.7 Å². The molecule has 0 unspecified atom stereocenters. The number of ether oxygens (including phenoxy) is 1. The van der Waals surface area contributed by atoms with Crippen LogP contribution in [0.2, 0.25) is 0 Å². The van der Waals surface area contributed by atoms with Crippen molar-refractivity contribution in [1.29, 1.82) is 0 Å². The molecule has 1 amide bonds. The number of benzene rings is 2. The average molecular weight is 397 g/mol. The Hall–Kier alpha value is -3.55. The normalized spacial score (nSPS) is 10.6. The van der Waals surface area contributed by atoms with Crippen LogP contribution >= 0.6 is 0 Å². The maximum absolute atomic E-state index is 12.9. The van der Waals surface area contributed by atoms with Gasteiger partial charge in [0, 0.05) is 24.0 Å². The SMILES string of the molecule is COc1cccc(-c2nnc(CNC(=O)CCCC(=O)c3ccc(F)cc3)o2)c1. The summed E-state index contributed by atoms with van der Waals surface area (Å²) in [7, 11) is 1.57. The van der Waals surface area contributed by atoms with E-state index in [-0.39, 0.29) is 37.0 Å². The smallest absolute Gasteiger partial charge is 0.247 e. The van der Waals surface area contributed by atoms with E-state index in [1.165, 1.54) is 24.3 Å². The van der Waals surface area contributed by atoms with Gasteiger partial charge in [0.05, 0.1) is 13.7 Å². The van der Waals surface area contributed by atoms with Gasteiger partial charge in [-0.15, -0.1) is 10.2 Å². The van der Waals surface area contributed by atoms with Gasteiger partial charge in [-0.3, -0.25) is 9.59 Å². The van der Waals surface area contributed by atoms with Crippen LogP contribution in [0, 0.1) is 5.82 Å². The highest BCUT2D eigenvalue weighted by Crippen LogP contribution is 2.22. The highest BCUT2D eigenvalue weighted by Gasteiger charge is 2.12. The van der Waals surface area contributed by atoms with Crippen LogP contribution in [0.1, 0.15) is 35.5 Å². The third kappa shape index (κ3) is 5.71. The molecule has 29 heavy (non-hydrogen) atoms. The Balaban J connectivity index is 1.43. The van der Waals surface area contributed by atoms with E-state index >= 15 is 0 Å². The molecule has 7 nitrogen and oxygen atoms in total. The summed E-state index contributed by atoms with van der Waals surface area (Å²) in [4.78, 5) is 24.0. The fourth-order valence-electron chi connectivity index (χ4n) is 2.65. The highest BCUT2D eigenvalue weighted by atomic mass is 19.1. The number of amides is 1. The largest absolute Gasteiger partial charge is 0.497 e. The number of methoxy groups -OCH3 is 1. The monoisotopic (exact) mass is 397 g/mol. The minimum absolute atomic E-state index is 0.0989. The third-order valence-electron chi connectivity index (χ3n) is 4.19. The van der Waals surface area contributed by atoms with Crippen LogP contribution in [0.5, 0.6) is 5.75 Å². The summed E-state index contributed by atoms with van der Waals surface area (Å²) in [6.45, 7) is 0.0989. The molecule has 2 aromatic carbocycles. The number of carbonyl (C=O) groups excluding carboxylic acids is 2. The molecule has 0 bridgehead atoms. The maximum atomic E-state index is 12.9. The molecule has 1 aromatic heterocycles. The Kier molecular flexibility index (Phi) is 6.67. The Bertz CT molecular complexity index is 986. The number of hydrogen-bond acceptors (Lipinski definition) is 6. The van der Waals surface area contributed by atoms with E-state index < -0.39 is 5.82 Å². The van der Waals surface area contributed by atoms with Crippen molar-refractivity contribution in [1.82, 2.24) is 15.5 Å². The van der Waals surface area contributed by atoms with E-state index in [1.54, 1.807) is 13.2 Å². The predicted octanol–water partition coefficient (Wildman–Crippen LogP) is 3.55. The molecule has 0 aliphatic rings. The van der Waals surface area contributed by atoms with Crippen molar-refractivity contribution in [2.75, 3.05) is 7.11 Å². The standard InChI is InChI=1S/C21H20FN3O4/c1-28-17-5-2-4-15(12-17)21-25-24-20(29-21)13-23-19(27)7-3-6-18(26)14-8-10-16(22)11-9-14/h2,4-5,8-12H,3,6-7,13H2,1H3,(H,23,27). The number of halogens is 1. The first-order valence-corrected chi connectivity index (χ1v) is 9.07. The van der Waals surface area contributed by atoms with Gasteiger partial charge in [-0.2, -0.15) is 0 Å². The van der Waals surface area contributed by atoms with Crippen LogP contribution in [-0.4, -0.2) is 29.0 Å². The molecular formula is C21H20FN3O4. The number of carbonyl (C=O) groups is 2. The molecule has 3 rings (SSSR count). The second-order valence-corrected chi connectivity index (χ2v) is 6.29. The Morgan fingerprint density at radius 2 is 1.90 bits per heavy atom. The Morgan fingerprint density at radius 1 is 1.10 bits per heavy atom. The topological polar surface area (TPSA) is 94.3 Å². The molecule has 0 aliphatic heterocycles. The zero-order valence-electron chi connectivity index (χ0n) is 15.9. The van der Waals surface area contributed by atoms with Crippen LogP contribution in [0.3, 0.4) is 0 Å². The van der Waals surface area contributed by atoms with E-state index in [0.29, 0.717) is 29.2 Å². The van der Waals surface area contributed by atoms with Crippen LogP contribution in [0.25, 0.3) is 11.5 Å². The Morgan fingerprint density at radius 3 is 2.66 bits per heavy atom. The molecule has 0 fully saturated rings. The molecule has 0 radical (unpaired) electrons. The fourth-order valence-corrected chi connectivity index (χ4v) is 2.65. The third-order valence-corrected chi connectivity index (χ3v) is 4.19. The molecule has 1 heterocycles. The van der Waals surface area contributed by atoms with Gasteiger partial charge in [-0.25, -0.2) is 4.39 Å². The van der Waals surface area contributed by atoms with Gasteiger partial charge in [0.25, 0.3) is 0 Å². The first kappa shape index (κ1) is 20.2. The minimum Gasteiger partial charge on any atom is -0.497 e. The van der Waals surface area contributed by atoms with Crippen LogP contribution in [0.4, 0.5) is 4.39 Å². The summed E-state index contributed by atoms with van der Waals surface area (Å²) in [6.07, 6.45) is 0.782. The zero-order chi connectivity index (χ0) is 20.6. The van der Waals surface area contributed by atoms with Gasteiger partial charge in [0.15, 0.2) is 5.78 Å². The Labute approximate surface area is 166 Å². The van der Waals surface area contributed by atoms with E-state index in [1.807, 2.05) is 18.2 Å². The minimum atomic E-state index is -0.392. The first-order chi connectivity index (χ1) is 14.0. The van der Waals surface area contributed by atoms with Crippen molar-refractivity contribution < 1.29 is 23.1 Å². The van der Waals surface area contributed by atoms with Crippen molar-refractivity contribution in [3.63, 3.8) is 0 Å². The van der Waals surface area contributed by atoms with Crippen molar-refractivity contribution in [2.45, 2.75) is 25.8 Å². The lowest BCUT2D eigenvalue weighted by molar-refractivity contribution is -0.121. The second-order valence-electron chi connectivity index (χ2n) is 6.29. The summed E-state index contributed by atoms with van der Waals surface area (Å²) < 4.78 is 23.6. The molecule has 8 heteroatoms. The van der Waals surface area contributed by atoms with Crippen molar-refractivity contribution in [3.05, 3.63) is 65.8 Å². The van der Waals surface area contributed by atoms with Gasteiger partial charge in [0.1, 0.15) is 11.6 Å². The molecule has 0 saturated carbocycles. The number of hydrogen-bond donors (Lipinski definition) is 1. The van der Waals surface area contributed by atoms with Gasteiger partial charge in [-0.05, 0) is 48.9 Å². The van der Waals surface area contributed by atoms with E-state index in [0.717, 1.165) is 0 Å². The highest BCUT2D eigenvalue weighted by molar-refractivity contribution is 5.96. The maximum Gasteiger partial charge on any atom is 0.247 e. The molecule has 0 atom stereocenters. The zero-order valence-corrected chi connectivity index (χ0v) is 15.9. The van der Waals surface area contributed by atoms with Crippen molar-refractivity contribution in [2.24, 2.45) is 0 Å². The summed E-state index contributed by atoms with van der Waals surface area (Å²) in [5.41, 5.74) is 1.15. The lowest BCUT2D eigenvalue weighted by Crippen LogP contribution is -2.22. The number of ketones is 1. The average Bonchev–Trinajstić information content (AvgIpc) is 3.22. The number of rotatable bonds is 9. The molecule has 0 aliphatic carbocycles. The number of nitrogens with one attached hydrogen (secondary N) is 1. The van der Waals surface area contributed by atoms with Crippen molar-refractivity contribution in [3.8, 4) is 17.2 Å². The molecule has 1 N–H and O–H groups in total. The van der Waals surface area contributed by atoms with Gasteiger partial charge >= 0.3 is 0 Å². The quantitative estimate of drug-likeness (QED) is 0.555. The summed E-state index contributed by atoms with van der Waals surface area (Å²) >= 11 is 0. The van der Waals surface area contributed by atoms with E-state index in [2.05, 4.69) is 15.5 Å². The molecule has 3 aromatic rings. The van der Waals surface area contributed by atoms with Crippen LogP contribution in [0.15, 0.2) is 52.9 Å². The lowest BCUT2D eigenvalue weighted by Gasteiger charge is -2.03. The first-order valence-electron chi connectivity index (χ1n) is 9.07. The summed E-state index contributed by atoms with van der Waals surface area (Å²) in [5, 5.41) is 10.6. The van der Waals surface area contributed by atoms with Gasteiger partial charge < -0.3 is 14.5 Å². The summed E-state index contributed by atoms with van der Waals surface area (Å²) in [6, 6.07) is 12.6. The molecular weight excluding hydrogens is 377 g/mol. The number of Topliss-reactive ketones (excluding diaryl/α,β-unsaturated/α-hetero) is 1. The van der Waals surface area contributed by atoms with Gasteiger partial charge in [0.2, 0.25) is 17.7 Å². The lowest BCUT2D eigenvalue weighted by atomic mass is 10.1. The number of aromatic nitrogens is 2. The van der Waals surface area contributed by atoms with Gasteiger partial charge in [-0.1, -0.05) is 6.07 Å². The summed E-state index contributed by atoms with van der Waals surface area (Å²) in [5.74, 6) is 0.537. The molecule has 0 saturated heterocycles. The van der Waals surface area contributed by atoms with Crippen LogP contribution < -0.4 is 10.1 Å². The number of nitrogens with zero attached hydrogens (tertiary/aromatic N) is 2. The predicted molar refractivity (Wildman–Crippen MR) is 103 cm³/mol. The molecule has 0 spiro atoms. The van der Waals surface area contributed by atoms with Crippen LogP contribution in [-0.2, 0) is 11.3 Å². The second kappa shape index (κ2) is 9.59.